The average molecular weight is 621 g/mol. The molecule has 0 spiro atoms. The molecule has 3 aromatic carbocycles. The summed E-state index contributed by atoms with van der Waals surface area (Å²) in [7, 11) is 0. The third-order valence-corrected chi connectivity index (χ3v) is 8.07. The van der Waals surface area contributed by atoms with Crippen molar-refractivity contribution in [3.05, 3.63) is 106 Å². The highest BCUT2D eigenvalue weighted by molar-refractivity contribution is 7.07. The predicted molar refractivity (Wildman–Crippen MR) is 163 cm³/mol. The Balaban J connectivity index is 1.25. The summed E-state index contributed by atoms with van der Waals surface area (Å²) in [6.45, 7) is 8.74. The number of urea groups is 1. The lowest BCUT2D eigenvalue weighted by Gasteiger charge is -2.18. The van der Waals surface area contributed by atoms with E-state index in [1.54, 1.807) is 0 Å². The number of carbonyl (C=O) groups excluding carboxylic acids is 1. The van der Waals surface area contributed by atoms with E-state index in [4.69, 9.17) is 0 Å². The van der Waals surface area contributed by atoms with Crippen LogP contribution in [-0.4, -0.2) is 31.7 Å². The number of halogens is 3. The van der Waals surface area contributed by atoms with Gasteiger partial charge in [0.1, 0.15) is 12.1 Å². The Bertz CT molecular complexity index is 1820. The first-order valence-corrected chi connectivity index (χ1v) is 14.9. The molecule has 0 aliphatic carbocycles. The van der Waals surface area contributed by atoms with Gasteiger partial charge >= 0.3 is 12.4 Å². The minimum Gasteiger partial charge on any atom is -0.406 e. The number of nitrogens with one attached hydrogen (secondary N) is 1. The first-order chi connectivity index (χ1) is 21.0. The average Bonchev–Trinajstić information content (AvgIpc) is 3.63. The molecule has 228 valence electrons. The molecular formula is C32H31F3N6O2S. The van der Waals surface area contributed by atoms with Gasteiger partial charge in [0.15, 0.2) is 10.6 Å². The zero-order valence-electron chi connectivity index (χ0n) is 24.6. The second kappa shape index (κ2) is 12.9. The van der Waals surface area contributed by atoms with E-state index < -0.39 is 12.4 Å². The van der Waals surface area contributed by atoms with E-state index in [0.717, 1.165) is 28.9 Å². The van der Waals surface area contributed by atoms with Crippen LogP contribution in [0.5, 0.6) is 5.75 Å². The van der Waals surface area contributed by atoms with E-state index in [1.807, 2.05) is 41.1 Å². The molecule has 1 atom stereocenters. The minimum atomic E-state index is -4.75. The maximum Gasteiger partial charge on any atom is 0.573 e. The lowest BCUT2D eigenvalue weighted by Crippen LogP contribution is -2.24. The van der Waals surface area contributed by atoms with Crippen molar-refractivity contribution in [2.45, 2.75) is 52.9 Å². The van der Waals surface area contributed by atoms with Gasteiger partial charge in [-0.2, -0.15) is 4.99 Å². The van der Waals surface area contributed by atoms with Gasteiger partial charge in [-0.05, 0) is 67.6 Å². The largest absolute Gasteiger partial charge is 0.573 e. The first kappa shape index (κ1) is 30.7. The number of rotatable bonds is 8. The second-order valence-corrected chi connectivity index (χ2v) is 11.2. The molecule has 1 N–H and O–H groups in total. The number of thiazole rings is 1. The van der Waals surface area contributed by atoms with Crippen molar-refractivity contribution >= 4 is 17.4 Å². The predicted octanol–water partition coefficient (Wildman–Crippen LogP) is 7.63. The lowest BCUT2D eigenvalue weighted by atomic mass is 9.95. The fourth-order valence-corrected chi connectivity index (χ4v) is 5.52. The summed E-state index contributed by atoms with van der Waals surface area (Å²) in [5, 5.41) is 9.29. The fourth-order valence-electron chi connectivity index (χ4n) is 4.65. The van der Waals surface area contributed by atoms with Gasteiger partial charge in [0.05, 0.1) is 11.4 Å². The van der Waals surface area contributed by atoms with Gasteiger partial charge in [0.2, 0.25) is 0 Å². The topological polar surface area (TPSA) is 86.3 Å². The van der Waals surface area contributed by atoms with Crippen LogP contribution < -0.4 is 14.9 Å². The van der Waals surface area contributed by atoms with Crippen molar-refractivity contribution in [3.63, 3.8) is 0 Å². The summed E-state index contributed by atoms with van der Waals surface area (Å²) in [6.07, 6.45) is -2.27. The van der Waals surface area contributed by atoms with Crippen LogP contribution in [0.15, 0.2) is 83.4 Å². The molecule has 2 aromatic heterocycles. The number of amides is 2. The summed E-state index contributed by atoms with van der Waals surface area (Å²) in [5.41, 5.74) is 6.60. The number of hydrogen-bond acceptors (Lipinski definition) is 5. The molecule has 0 bridgehead atoms. The molecule has 1 unspecified atom stereocenters. The van der Waals surface area contributed by atoms with Crippen LogP contribution in [0.2, 0.25) is 0 Å². The quantitative estimate of drug-likeness (QED) is 0.193. The van der Waals surface area contributed by atoms with Crippen molar-refractivity contribution < 1.29 is 22.7 Å². The fraction of sp³-hybridized carbons (Fsp3) is 0.250. The van der Waals surface area contributed by atoms with Crippen LogP contribution in [-0.2, 0) is 6.54 Å². The van der Waals surface area contributed by atoms with Crippen molar-refractivity contribution in [3.8, 4) is 28.5 Å². The van der Waals surface area contributed by atoms with Crippen molar-refractivity contribution in [2.75, 3.05) is 0 Å². The monoisotopic (exact) mass is 620 g/mol. The Labute approximate surface area is 256 Å². The third-order valence-electron chi connectivity index (χ3n) is 7.13. The van der Waals surface area contributed by atoms with Gasteiger partial charge in [0, 0.05) is 23.2 Å². The molecule has 5 rings (SSSR count). The van der Waals surface area contributed by atoms with Gasteiger partial charge in [-0.25, -0.2) is 14.5 Å². The van der Waals surface area contributed by atoms with Crippen molar-refractivity contribution in [1.29, 1.82) is 0 Å². The van der Waals surface area contributed by atoms with Gasteiger partial charge < -0.3 is 10.1 Å². The molecular weight excluding hydrogens is 589 g/mol. The van der Waals surface area contributed by atoms with Crippen LogP contribution in [0, 0.1) is 13.8 Å². The third kappa shape index (κ3) is 7.25. The SMILES string of the molecule is CCC(C)c1cc(C)ccc1-n1c(C)csc1=NC(=O)NCc1ccc(-c2ncn(-c3ccc(OC(F)(F)F)cc3)n2)cc1. The number of alkyl halides is 3. The number of aryl methyl sites for hydroxylation is 2. The summed E-state index contributed by atoms with van der Waals surface area (Å²) in [4.78, 5) is 22.2. The smallest absolute Gasteiger partial charge is 0.406 e. The zero-order valence-corrected chi connectivity index (χ0v) is 25.4. The number of carbonyl (C=O) groups is 1. The van der Waals surface area contributed by atoms with Crippen LogP contribution >= 0.6 is 11.3 Å². The van der Waals surface area contributed by atoms with E-state index in [-0.39, 0.29) is 12.3 Å². The molecule has 0 saturated carbocycles. The molecule has 0 aliphatic rings. The summed E-state index contributed by atoms with van der Waals surface area (Å²) in [6, 6.07) is 18.7. The Kier molecular flexibility index (Phi) is 9.00. The van der Waals surface area contributed by atoms with Gasteiger partial charge in [-0.1, -0.05) is 55.8 Å². The van der Waals surface area contributed by atoms with Gasteiger partial charge in [-0.15, -0.1) is 29.6 Å². The highest BCUT2D eigenvalue weighted by atomic mass is 32.1. The molecule has 12 heteroatoms. The van der Waals surface area contributed by atoms with Crippen LogP contribution in [0.1, 0.15) is 48.6 Å². The van der Waals surface area contributed by atoms with E-state index >= 15 is 0 Å². The summed E-state index contributed by atoms with van der Waals surface area (Å²) in [5.74, 6) is 0.485. The molecule has 2 heterocycles. The number of nitrogens with zero attached hydrogens (tertiary/aromatic N) is 5. The molecule has 0 fully saturated rings. The minimum absolute atomic E-state index is 0.282. The highest BCUT2D eigenvalue weighted by Crippen LogP contribution is 2.28. The van der Waals surface area contributed by atoms with E-state index in [0.29, 0.717) is 22.2 Å². The highest BCUT2D eigenvalue weighted by Gasteiger charge is 2.31. The maximum atomic E-state index is 12.9. The number of aromatic nitrogens is 4. The van der Waals surface area contributed by atoms with Crippen LogP contribution in [0.4, 0.5) is 18.0 Å². The Morgan fingerprint density at radius 3 is 2.48 bits per heavy atom. The number of benzene rings is 3. The number of hydrogen-bond donors (Lipinski definition) is 1. The molecule has 8 nitrogen and oxygen atoms in total. The Morgan fingerprint density at radius 1 is 1.07 bits per heavy atom. The Morgan fingerprint density at radius 2 is 1.80 bits per heavy atom. The molecule has 44 heavy (non-hydrogen) atoms. The van der Waals surface area contributed by atoms with Crippen LogP contribution in [0.25, 0.3) is 22.8 Å². The molecule has 0 radical (unpaired) electrons. The van der Waals surface area contributed by atoms with E-state index in [1.165, 1.54) is 57.7 Å². The van der Waals surface area contributed by atoms with Crippen molar-refractivity contribution in [1.82, 2.24) is 24.6 Å². The standard InChI is InChI=1S/C32H31F3N6O2S/c1-5-21(3)27-16-20(2)6-15-28(27)41-22(4)18-44-31(41)38-30(42)36-17-23-7-9-24(10-8-23)29-37-19-40(39-29)25-11-13-26(14-12-25)43-32(33,34)35/h6-16,18-19,21H,5,17H2,1-4H3,(H,36,42). The second-order valence-electron chi connectivity index (χ2n) is 10.4. The van der Waals surface area contributed by atoms with E-state index in [2.05, 4.69) is 64.1 Å². The summed E-state index contributed by atoms with van der Waals surface area (Å²) >= 11 is 1.42. The molecule has 0 saturated heterocycles. The Hall–Kier alpha value is -4.71. The van der Waals surface area contributed by atoms with E-state index in [9.17, 15) is 18.0 Å². The van der Waals surface area contributed by atoms with Crippen LogP contribution in [0.3, 0.4) is 0 Å². The first-order valence-electron chi connectivity index (χ1n) is 14.0. The molecule has 0 aliphatic heterocycles. The van der Waals surface area contributed by atoms with Gasteiger partial charge in [0.25, 0.3) is 0 Å². The van der Waals surface area contributed by atoms with Crippen molar-refractivity contribution in [2.24, 2.45) is 4.99 Å². The summed E-state index contributed by atoms with van der Waals surface area (Å²) < 4.78 is 44.7. The normalized spacial score (nSPS) is 12.8. The molecule has 5 aromatic rings. The lowest BCUT2D eigenvalue weighted by molar-refractivity contribution is -0.274. The van der Waals surface area contributed by atoms with Gasteiger partial charge in [-0.3, -0.25) is 4.57 Å². The number of ether oxygens (including phenoxy) is 1. The molecule has 2 amide bonds. The zero-order chi connectivity index (χ0) is 31.4. The maximum absolute atomic E-state index is 12.9.